The van der Waals surface area contributed by atoms with Crippen LogP contribution in [0, 0.1) is 13.8 Å². The topological polar surface area (TPSA) is 0 Å². The third-order valence-electron chi connectivity index (χ3n) is 3.49. The third kappa shape index (κ3) is 6.60. The molecule has 0 aliphatic carbocycles. The standard InChI is InChI=1S/C20H19S.BF4/c1-16-8-12-19(13-9-16)21(18-6-4-3-5-7-18)20-14-10-17(2)11-15-20;2-1(3,4)5/h3-15H,1-2H3;/q+1;-1. The van der Waals surface area contributed by atoms with Gasteiger partial charge in [0.25, 0.3) is 0 Å². The SMILES string of the molecule is Cc1ccc([S+](c2ccccc2)c2ccc(C)cc2)cc1.F[B-](F)(F)F. The summed E-state index contributed by atoms with van der Waals surface area (Å²) in [7, 11) is -6.03. The minimum absolute atomic E-state index is 0.0312. The first kappa shape index (κ1) is 20.1. The lowest BCUT2D eigenvalue weighted by molar-refractivity contribution is 0.368. The number of benzene rings is 3. The Morgan fingerprint density at radius 3 is 1.19 bits per heavy atom. The molecule has 0 unspecified atom stereocenters. The highest BCUT2D eigenvalue weighted by Gasteiger charge is 2.28. The Hall–Kier alpha value is -2.21. The highest BCUT2D eigenvalue weighted by atomic mass is 32.2. The molecular formula is C20H19BF4S. The summed E-state index contributed by atoms with van der Waals surface area (Å²) < 4.78 is 39.0. The van der Waals surface area contributed by atoms with Crippen molar-refractivity contribution in [3.63, 3.8) is 0 Å². The molecule has 0 fully saturated rings. The van der Waals surface area contributed by atoms with Crippen molar-refractivity contribution in [2.45, 2.75) is 28.5 Å². The average molecular weight is 378 g/mol. The molecule has 0 atom stereocenters. The molecule has 26 heavy (non-hydrogen) atoms. The predicted octanol–water partition coefficient (Wildman–Crippen LogP) is 6.70. The van der Waals surface area contributed by atoms with E-state index in [-0.39, 0.29) is 10.9 Å². The van der Waals surface area contributed by atoms with Gasteiger partial charge in [0.1, 0.15) is 0 Å². The molecule has 136 valence electrons. The second-order valence-corrected chi connectivity index (χ2v) is 7.77. The number of hydrogen-bond acceptors (Lipinski definition) is 0. The van der Waals surface area contributed by atoms with Crippen molar-refractivity contribution in [2.24, 2.45) is 0 Å². The first-order valence-electron chi connectivity index (χ1n) is 8.04. The van der Waals surface area contributed by atoms with Gasteiger partial charge in [-0.05, 0) is 50.2 Å². The lowest BCUT2D eigenvalue weighted by Gasteiger charge is -2.08. The van der Waals surface area contributed by atoms with Gasteiger partial charge in [0.05, 0.1) is 10.9 Å². The summed E-state index contributed by atoms with van der Waals surface area (Å²) in [6.07, 6.45) is 0. The van der Waals surface area contributed by atoms with Crippen molar-refractivity contribution in [3.8, 4) is 0 Å². The van der Waals surface area contributed by atoms with Gasteiger partial charge in [-0.1, -0.05) is 53.6 Å². The van der Waals surface area contributed by atoms with Crippen LogP contribution in [0.5, 0.6) is 0 Å². The Balaban J connectivity index is 0.000000431. The highest BCUT2D eigenvalue weighted by molar-refractivity contribution is 7.97. The van der Waals surface area contributed by atoms with Gasteiger partial charge in [-0.2, -0.15) is 0 Å². The van der Waals surface area contributed by atoms with Gasteiger partial charge < -0.3 is 17.3 Å². The van der Waals surface area contributed by atoms with Crippen LogP contribution >= 0.6 is 0 Å². The Bertz CT molecular complexity index is 748. The van der Waals surface area contributed by atoms with Gasteiger partial charge >= 0.3 is 7.25 Å². The van der Waals surface area contributed by atoms with Crippen LogP contribution in [0.4, 0.5) is 17.3 Å². The molecule has 0 amide bonds. The smallest absolute Gasteiger partial charge is 0.418 e. The van der Waals surface area contributed by atoms with Gasteiger partial charge in [-0.15, -0.1) is 0 Å². The van der Waals surface area contributed by atoms with Crippen molar-refractivity contribution in [3.05, 3.63) is 90.0 Å². The Kier molecular flexibility index (Phi) is 6.92. The fourth-order valence-corrected chi connectivity index (χ4v) is 4.38. The highest BCUT2D eigenvalue weighted by Crippen LogP contribution is 2.31. The zero-order valence-corrected chi connectivity index (χ0v) is 15.3. The lowest BCUT2D eigenvalue weighted by Crippen LogP contribution is -2.04. The number of rotatable bonds is 3. The molecule has 3 aromatic rings. The Morgan fingerprint density at radius 1 is 0.538 bits per heavy atom. The average Bonchev–Trinajstić information content (AvgIpc) is 2.58. The molecule has 0 spiro atoms. The molecule has 0 N–H and O–H groups in total. The summed E-state index contributed by atoms with van der Waals surface area (Å²) in [6.45, 7) is 4.27. The summed E-state index contributed by atoms with van der Waals surface area (Å²) in [5.41, 5.74) is 2.61. The largest absolute Gasteiger partial charge is 0.673 e. The van der Waals surface area contributed by atoms with E-state index in [1.54, 1.807) is 0 Å². The van der Waals surface area contributed by atoms with Gasteiger partial charge in [-0.3, -0.25) is 0 Å². The van der Waals surface area contributed by atoms with Crippen molar-refractivity contribution in [1.29, 1.82) is 0 Å². The molecule has 0 heterocycles. The van der Waals surface area contributed by atoms with E-state index in [9.17, 15) is 17.3 Å². The molecule has 0 nitrogen and oxygen atoms in total. The van der Waals surface area contributed by atoms with Gasteiger partial charge in [0.15, 0.2) is 14.7 Å². The van der Waals surface area contributed by atoms with Crippen LogP contribution in [-0.4, -0.2) is 7.25 Å². The maximum absolute atomic E-state index is 9.75. The van der Waals surface area contributed by atoms with E-state index in [1.165, 1.54) is 25.8 Å². The monoisotopic (exact) mass is 378 g/mol. The number of hydrogen-bond donors (Lipinski definition) is 0. The normalized spacial score (nSPS) is 11.0. The third-order valence-corrected chi connectivity index (χ3v) is 5.72. The first-order valence-corrected chi connectivity index (χ1v) is 9.26. The van der Waals surface area contributed by atoms with E-state index >= 15 is 0 Å². The predicted molar refractivity (Wildman–Crippen MR) is 101 cm³/mol. The summed E-state index contributed by atoms with van der Waals surface area (Å²) in [6, 6.07) is 28.6. The molecule has 0 saturated heterocycles. The minimum Gasteiger partial charge on any atom is -0.418 e. The lowest BCUT2D eigenvalue weighted by atomic mass is 10.2. The van der Waals surface area contributed by atoms with E-state index in [0.29, 0.717) is 0 Å². The fourth-order valence-electron chi connectivity index (χ4n) is 2.31. The maximum Gasteiger partial charge on any atom is 0.673 e. The fraction of sp³-hybridized carbons (Fsp3) is 0.100. The van der Waals surface area contributed by atoms with Crippen molar-refractivity contribution in [1.82, 2.24) is 0 Å². The summed E-state index contributed by atoms with van der Waals surface area (Å²) in [5.74, 6) is 0. The molecule has 6 heteroatoms. The molecule has 0 bridgehead atoms. The van der Waals surface area contributed by atoms with Crippen molar-refractivity contribution >= 4 is 18.1 Å². The molecule has 0 radical (unpaired) electrons. The zero-order valence-electron chi connectivity index (χ0n) is 14.5. The van der Waals surface area contributed by atoms with Gasteiger partial charge in [-0.25, -0.2) is 0 Å². The quantitative estimate of drug-likeness (QED) is 0.270. The van der Waals surface area contributed by atoms with Crippen molar-refractivity contribution < 1.29 is 17.3 Å². The Morgan fingerprint density at radius 2 is 0.846 bits per heavy atom. The second-order valence-electron chi connectivity index (χ2n) is 5.74. The summed E-state index contributed by atoms with van der Waals surface area (Å²) in [5, 5.41) is 0. The molecule has 0 aromatic heterocycles. The van der Waals surface area contributed by atoms with Crippen LogP contribution in [0.15, 0.2) is 93.5 Å². The minimum atomic E-state index is -6.00. The van der Waals surface area contributed by atoms with Crippen LogP contribution < -0.4 is 0 Å². The number of halogens is 4. The van der Waals surface area contributed by atoms with Crippen LogP contribution in [0.3, 0.4) is 0 Å². The Labute approximate surface area is 154 Å². The van der Waals surface area contributed by atoms with Crippen LogP contribution in [0.2, 0.25) is 0 Å². The molecular weight excluding hydrogens is 359 g/mol. The van der Waals surface area contributed by atoms with Crippen molar-refractivity contribution in [2.75, 3.05) is 0 Å². The molecule has 3 aromatic carbocycles. The van der Waals surface area contributed by atoms with Gasteiger partial charge in [0, 0.05) is 0 Å². The first-order chi connectivity index (χ1) is 12.2. The van der Waals surface area contributed by atoms with Gasteiger partial charge in [0.2, 0.25) is 0 Å². The van der Waals surface area contributed by atoms with E-state index in [0.717, 1.165) is 0 Å². The molecule has 0 aliphatic heterocycles. The van der Waals surface area contributed by atoms with Crippen LogP contribution in [0.1, 0.15) is 11.1 Å². The second kappa shape index (κ2) is 8.94. The van der Waals surface area contributed by atoms with Crippen LogP contribution in [-0.2, 0) is 10.9 Å². The molecule has 0 saturated carbocycles. The maximum atomic E-state index is 9.75. The summed E-state index contributed by atoms with van der Waals surface area (Å²) >= 11 is 0. The number of aryl methyl sites for hydroxylation is 2. The van der Waals surface area contributed by atoms with Crippen LogP contribution in [0.25, 0.3) is 0 Å². The molecule has 0 aliphatic rings. The summed E-state index contributed by atoms with van der Waals surface area (Å²) in [4.78, 5) is 4.11. The van der Waals surface area contributed by atoms with E-state index in [4.69, 9.17) is 0 Å². The zero-order chi connectivity index (χ0) is 19.2. The van der Waals surface area contributed by atoms with E-state index < -0.39 is 7.25 Å². The van der Waals surface area contributed by atoms with E-state index in [1.807, 2.05) is 0 Å². The molecule has 3 rings (SSSR count). The van der Waals surface area contributed by atoms with E-state index in [2.05, 4.69) is 92.7 Å².